The number of nitro groups is 1. The van der Waals surface area contributed by atoms with Gasteiger partial charge in [-0.1, -0.05) is 25.0 Å². The van der Waals surface area contributed by atoms with Crippen LogP contribution in [0.5, 0.6) is 5.75 Å². The van der Waals surface area contributed by atoms with Crippen molar-refractivity contribution in [2.75, 3.05) is 26.9 Å². The van der Waals surface area contributed by atoms with Crippen molar-refractivity contribution in [1.29, 1.82) is 0 Å². The van der Waals surface area contributed by atoms with E-state index in [1.165, 1.54) is 0 Å². The fraction of sp³-hybridized carbons (Fsp3) is 0.619. The summed E-state index contributed by atoms with van der Waals surface area (Å²) < 4.78 is 15.6. The standard InChI is InChI=1S/C21H29NO7/c1-4-28-20(23)19(21(24)29-5-2)17(13-22(25)26)15-10-11-18(27-3)16(12-15)14-8-6-7-9-14/h10-12,14,17,19H,4-9,13H2,1-3H3. The van der Waals surface area contributed by atoms with Gasteiger partial charge in [-0.05, 0) is 49.8 Å². The van der Waals surface area contributed by atoms with Crippen LogP contribution in [0, 0.1) is 16.0 Å². The summed E-state index contributed by atoms with van der Waals surface area (Å²) in [5.41, 5.74) is 1.50. The molecule has 160 valence electrons. The SMILES string of the molecule is CCOC(=O)C(C(=O)OCC)C(C[N+](=O)[O-])c1ccc(OC)c(C2CCCC2)c1. The number of carbonyl (C=O) groups excluding carboxylic acids is 2. The Morgan fingerprint density at radius 1 is 1.14 bits per heavy atom. The summed E-state index contributed by atoms with van der Waals surface area (Å²) in [5.74, 6) is -3.00. The maximum absolute atomic E-state index is 12.5. The minimum atomic E-state index is -1.40. The van der Waals surface area contributed by atoms with Crippen LogP contribution in [0.1, 0.15) is 62.5 Å². The largest absolute Gasteiger partial charge is 0.496 e. The fourth-order valence-corrected chi connectivity index (χ4v) is 3.99. The molecule has 0 saturated heterocycles. The third-order valence-corrected chi connectivity index (χ3v) is 5.31. The molecule has 1 saturated carbocycles. The molecular formula is C21H29NO7. The van der Waals surface area contributed by atoms with Crippen molar-refractivity contribution in [3.05, 3.63) is 39.4 Å². The Labute approximate surface area is 170 Å². The van der Waals surface area contributed by atoms with Crippen LogP contribution in [0.4, 0.5) is 0 Å². The van der Waals surface area contributed by atoms with E-state index in [1.807, 2.05) is 6.07 Å². The van der Waals surface area contributed by atoms with Gasteiger partial charge in [0.15, 0.2) is 5.92 Å². The van der Waals surface area contributed by atoms with Crippen molar-refractivity contribution < 1.29 is 28.7 Å². The molecule has 29 heavy (non-hydrogen) atoms. The van der Waals surface area contributed by atoms with Crippen LogP contribution >= 0.6 is 0 Å². The molecule has 0 amide bonds. The first-order valence-electron chi connectivity index (χ1n) is 10.1. The summed E-state index contributed by atoms with van der Waals surface area (Å²) in [5, 5.41) is 11.4. The summed E-state index contributed by atoms with van der Waals surface area (Å²) in [6.45, 7) is 2.78. The lowest BCUT2D eigenvalue weighted by Crippen LogP contribution is -2.36. The third-order valence-electron chi connectivity index (χ3n) is 5.31. The number of carbonyl (C=O) groups is 2. The molecule has 1 fully saturated rings. The van der Waals surface area contributed by atoms with Gasteiger partial charge in [0.05, 0.1) is 26.2 Å². The van der Waals surface area contributed by atoms with Gasteiger partial charge in [-0.25, -0.2) is 0 Å². The molecular weight excluding hydrogens is 378 g/mol. The molecule has 2 rings (SSSR count). The molecule has 1 unspecified atom stereocenters. The fourth-order valence-electron chi connectivity index (χ4n) is 3.99. The number of nitrogens with zero attached hydrogens (tertiary/aromatic N) is 1. The molecule has 8 nitrogen and oxygen atoms in total. The average molecular weight is 407 g/mol. The summed E-state index contributed by atoms with van der Waals surface area (Å²) >= 11 is 0. The zero-order valence-electron chi connectivity index (χ0n) is 17.2. The lowest BCUT2D eigenvalue weighted by atomic mass is 9.83. The first-order valence-corrected chi connectivity index (χ1v) is 10.1. The Hall–Kier alpha value is -2.64. The molecule has 1 aliphatic carbocycles. The van der Waals surface area contributed by atoms with Crippen LogP contribution in [0.15, 0.2) is 18.2 Å². The van der Waals surface area contributed by atoms with E-state index >= 15 is 0 Å². The van der Waals surface area contributed by atoms with E-state index in [2.05, 4.69) is 0 Å². The number of esters is 2. The summed E-state index contributed by atoms with van der Waals surface area (Å²) in [4.78, 5) is 36.0. The van der Waals surface area contributed by atoms with Crippen LogP contribution < -0.4 is 4.74 Å². The zero-order valence-corrected chi connectivity index (χ0v) is 17.2. The van der Waals surface area contributed by atoms with Crippen LogP contribution in [0.3, 0.4) is 0 Å². The molecule has 0 aliphatic heterocycles. The van der Waals surface area contributed by atoms with Crippen LogP contribution in [0.2, 0.25) is 0 Å². The van der Waals surface area contributed by atoms with Crippen molar-refractivity contribution in [3.8, 4) is 5.75 Å². The highest BCUT2D eigenvalue weighted by atomic mass is 16.6. The molecule has 0 N–H and O–H groups in total. The maximum Gasteiger partial charge on any atom is 0.321 e. The van der Waals surface area contributed by atoms with E-state index in [-0.39, 0.29) is 13.2 Å². The molecule has 1 atom stereocenters. The van der Waals surface area contributed by atoms with Crippen LogP contribution in [-0.2, 0) is 19.1 Å². The zero-order chi connectivity index (χ0) is 21.4. The molecule has 1 aliphatic rings. The molecule has 0 spiro atoms. The van der Waals surface area contributed by atoms with E-state index in [4.69, 9.17) is 14.2 Å². The number of hydrogen-bond acceptors (Lipinski definition) is 7. The normalized spacial score (nSPS) is 15.2. The monoisotopic (exact) mass is 407 g/mol. The van der Waals surface area contributed by atoms with Gasteiger partial charge in [0.25, 0.3) is 0 Å². The molecule has 0 heterocycles. The predicted molar refractivity (Wildman–Crippen MR) is 106 cm³/mol. The Bertz CT molecular complexity index is 710. The summed E-state index contributed by atoms with van der Waals surface area (Å²) in [6, 6.07) is 5.27. The second-order valence-corrected chi connectivity index (χ2v) is 7.09. The van der Waals surface area contributed by atoms with Gasteiger partial charge < -0.3 is 14.2 Å². The molecule has 0 radical (unpaired) electrons. The van der Waals surface area contributed by atoms with Crippen LogP contribution in [-0.4, -0.2) is 43.7 Å². The van der Waals surface area contributed by atoms with Crippen molar-refractivity contribution in [3.63, 3.8) is 0 Å². The lowest BCUT2D eigenvalue weighted by molar-refractivity contribution is -0.484. The molecule has 0 bridgehead atoms. The van der Waals surface area contributed by atoms with Gasteiger partial charge in [0, 0.05) is 4.92 Å². The number of ether oxygens (including phenoxy) is 3. The number of hydrogen-bond donors (Lipinski definition) is 0. The lowest BCUT2D eigenvalue weighted by Gasteiger charge is -2.23. The Morgan fingerprint density at radius 3 is 2.21 bits per heavy atom. The Morgan fingerprint density at radius 2 is 1.72 bits per heavy atom. The Kier molecular flexibility index (Phi) is 8.42. The molecule has 0 aromatic heterocycles. The maximum atomic E-state index is 12.5. The highest BCUT2D eigenvalue weighted by Crippen LogP contribution is 2.41. The first kappa shape index (κ1) is 22.6. The molecule has 1 aromatic rings. The first-order chi connectivity index (χ1) is 13.9. The van der Waals surface area contributed by atoms with E-state index in [9.17, 15) is 19.7 Å². The topological polar surface area (TPSA) is 105 Å². The predicted octanol–water partition coefficient (Wildman–Crippen LogP) is 3.46. The average Bonchev–Trinajstić information content (AvgIpc) is 3.21. The molecule has 1 aromatic carbocycles. The Balaban J connectivity index is 2.51. The van der Waals surface area contributed by atoms with E-state index in [1.54, 1.807) is 33.1 Å². The van der Waals surface area contributed by atoms with E-state index in [0.717, 1.165) is 31.2 Å². The minimum Gasteiger partial charge on any atom is -0.496 e. The van der Waals surface area contributed by atoms with E-state index in [0.29, 0.717) is 17.2 Å². The van der Waals surface area contributed by atoms with Crippen molar-refractivity contribution in [2.45, 2.75) is 51.4 Å². The third kappa shape index (κ3) is 5.68. The number of rotatable bonds is 10. The number of methoxy groups -OCH3 is 1. The van der Waals surface area contributed by atoms with Crippen LogP contribution in [0.25, 0.3) is 0 Å². The molecule has 8 heteroatoms. The van der Waals surface area contributed by atoms with Gasteiger partial charge in [-0.2, -0.15) is 0 Å². The summed E-state index contributed by atoms with van der Waals surface area (Å²) in [6.07, 6.45) is 4.26. The second-order valence-electron chi connectivity index (χ2n) is 7.09. The van der Waals surface area contributed by atoms with Gasteiger partial charge >= 0.3 is 11.9 Å². The quantitative estimate of drug-likeness (QED) is 0.253. The minimum absolute atomic E-state index is 0.0653. The smallest absolute Gasteiger partial charge is 0.321 e. The van der Waals surface area contributed by atoms with Gasteiger partial charge in [-0.3, -0.25) is 19.7 Å². The van der Waals surface area contributed by atoms with Gasteiger partial charge in [0.1, 0.15) is 5.75 Å². The van der Waals surface area contributed by atoms with Crippen molar-refractivity contribution in [2.24, 2.45) is 5.92 Å². The van der Waals surface area contributed by atoms with Gasteiger partial charge in [-0.15, -0.1) is 0 Å². The highest BCUT2D eigenvalue weighted by Gasteiger charge is 2.41. The van der Waals surface area contributed by atoms with E-state index < -0.39 is 35.2 Å². The number of benzene rings is 1. The highest BCUT2D eigenvalue weighted by molar-refractivity contribution is 5.96. The summed E-state index contributed by atoms with van der Waals surface area (Å²) in [7, 11) is 1.59. The van der Waals surface area contributed by atoms with Crippen molar-refractivity contribution >= 4 is 11.9 Å². The second kappa shape index (κ2) is 10.8. The van der Waals surface area contributed by atoms with Gasteiger partial charge in [0.2, 0.25) is 6.54 Å². The van der Waals surface area contributed by atoms with Crippen molar-refractivity contribution in [1.82, 2.24) is 0 Å².